The van der Waals surface area contributed by atoms with Gasteiger partial charge in [-0.3, -0.25) is 0 Å². The van der Waals surface area contributed by atoms with Gasteiger partial charge in [0.25, 0.3) is 0 Å². The van der Waals surface area contributed by atoms with Gasteiger partial charge in [0.05, 0.1) is 0 Å². The van der Waals surface area contributed by atoms with Crippen molar-refractivity contribution in [1.82, 2.24) is 5.32 Å². The van der Waals surface area contributed by atoms with Gasteiger partial charge in [0, 0.05) is 25.8 Å². The summed E-state index contributed by atoms with van der Waals surface area (Å²) in [6, 6.07) is 7.66. The largest absolute Gasteiger partial charge is 0.382 e. The molecule has 0 saturated heterocycles. The molecule has 0 aromatic heterocycles. The van der Waals surface area contributed by atoms with Gasteiger partial charge in [-0.1, -0.05) is 12.1 Å². The Balaban J connectivity index is 1.85. The van der Waals surface area contributed by atoms with E-state index in [1.807, 2.05) is 19.1 Å². The van der Waals surface area contributed by atoms with E-state index in [-0.39, 0.29) is 5.82 Å². The summed E-state index contributed by atoms with van der Waals surface area (Å²) in [6.07, 6.45) is 4.75. The summed E-state index contributed by atoms with van der Waals surface area (Å²) in [4.78, 5) is 0. The number of nitrogens with one attached hydrogen (secondary N) is 1. The summed E-state index contributed by atoms with van der Waals surface area (Å²) in [7, 11) is 0. The van der Waals surface area contributed by atoms with Crippen LogP contribution in [0.15, 0.2) is 24.3 Å². The molecule has 3 heteroatoms. The minimum Gasteiger partial charge on any atom is -0.382 e. The highest BCUT2D eigenvalue weighted by atomic mass is 19.1. The predicted molar refractivity (Wildman–Crippen MR) is 75.9 cm³/mol. The quantitative estimate of drug-likeness (QED) is 0.690. The van der Waals surface area contributed by atoms with E-state index in [4.69, 9.17) is 4.74 Å². The van der Waals surface area contributed by atoms with Gasteiger partial charge in [0.2, 0.25) is 0 Å². The molecule has 0 aliphatic heterocycles. The molecule has 19 heavy (non-hydrogen) atoms. The standard InChI is InChI=1S/C16H24FNO/c1-2-19-11-3-4-14(12-18-16-9-10-16)13-5-7-15(17)8-6-13/h5-8,14,16,18H,2-4,9-12H2,1H3. The topological polar surface area (TPSA) is 21.3 Å². The van der Waals surface area contributed by atoms with Gasteiger partial charge >= 0.3 is 0 Å². The Morgan fingerprint density at radius 3 is 2.68 bits per heavy atom. The zero-order valence-electron chi connectivity index (χ0n) is 11.7. The average molecular weight is 265 g/mol. The lowest BCUT2D eigenvalue weighted by Gasteiger charge is -2.18. The predicted octanol–water partition coefficient (Wildman–Crippen LogP) is 3.48. The van der Waals surface area contributed by atoms with E-state index in [1.54, 1.807) is 12.1 Å². The second-order valence-corrected chi connectivity index (χ2v) is 5.27. The highest BCUT2D eigenvalue weighted by Gasteiger charge is 2.22. The van der Waals surface area contributed by atoms with Crippen LogP contribution in [0.5, 0.6) is 0 Å². The molecule has 0 spiro atoms. The summed E-state index contributed by atoms with van der Waals surface area (Å²) in [5.74, 6) is 0.300. The molecule has 1 saturated carbocycles. The molecule has 2 rings (SSSR count). The molecule has 1 unspecified atom stereocenters. The van der Waals surface area contributed by atoms with Crippen LogP contribution in [0.25, 0.3) is 0 Å². The summed E-state index contributed by atoms with van der Waals surface area (Å²) in [5.41, 5.74) is 1.23. The highest BCUT2D eigenvalue weighted by Crippen LogP contribution is 2.24. The summed E-state index contributed by atoms with van der Waals surface area (Å²) in [6.45, 7) is 4.60. The Hall–Kier alpha value is -0.930. The molecular formula is C16H24FNO. The number of rotatable bonds is 9. The maximum Gasteiger partial charge on any atom is 0.123 e. The van der Waals surface area contributed by atoms with Gasteiger partial charge in [-0.2, -0.15) is 0 Å². The molecule has 0 heterocycles. The first-order valence-electron chi connectivity index (χ1n) is 7.36. The van der Waals surface area contributed by atoms with Gasteiger partial charge < -0.3 is 10.1 Å². The van der Waals surface area contributed by atoms with Gasteiger partial charge in [-0.15, -0.1) is 0 Å². The van der Waals surface area contributed by atoms with Crippen LogP contribution in [0.2, 0.25) is 0 Å². The van der Waals surface area contributed by atoms with Gasteiger partial charge in [0.1, 0.15) is 5.82 Å². The van der Waals surface area contributed by atoms with Gasteiger partial charge in [0.15, 0.2) is 0 Å². The Kier molecular flexibility index (Phi) is 5.80. The zero-order valence-corrected chi connectivity index (χ0v) is 11.7. The lowest BCUT2D eigenvalue weighted by atomic mass is 9.94. The zero-order chi connectivity index (χ0) is 13.5. The fourth-order valence-corrected chi connectivity index (χ4v) is 2.29. The molecule has 106 valence electrons. The van der Waals surface area contributed by atoms with Crippen molar-refractivity contribution in [2.75, 3.05) is 19.8 Å². The highest BCUT2D eigenvalue weighted by molar-refractivity contribution is 5.21. The molecular weight excluding hydrogens is 241 g/mol. The van der Waals surface area contributed by atoms with E-state index in [0.29, 0.717) is 5.92 Å². The third-order valence-corrected chi connectivity index (χ3v) is 3.62. The van der Waals surface area contributed by atoms with Crippen molar-refractivity contribution >= 4 is 0 Å². The van der Waals surface area contributed by atoms with Crippen LogP contribution < -0.4 is 5.32 Å². The van der Waals surface area contributed by atoms with E-state index >= 15 is 0 Å². The fourth-order valence-electron chi connectivity index (χ4n) is 2.29. The maximum atomic E-state index is 13.0. The number of benzene rings is 1. The van der Waals surface area contributed by atoms with Crippen LogP contribution in [0.1, 0.15) is 44.1 Å². The first kappa shape index (κ1) is 14.5. The summed E-state index contributed by atoms with van der Waals surface area (Å²) < 4.78 is 18.4. The molecule has 0 amide bonds. The minimum atomic E-state index is -0.160. The van der Waals surface area contributed by atoms with Crippen molar-refractivity contribution in [2.45, 2.75) is 44.6 Å². The molecule has 1 aliphatic carbocycles. The molecule has 1 atom stereocenters. The lowest BCUT2D eigenvalue weighted by Crippen LogP contribution is -2.23. The van der Waals surface area contributed by atoms with Crippen LogP contribution in [0.4, 0.5) is 4.39 Å². The lowest BCUT2D eigenvalue weighted by molar-refractivity contribution is 0.141. The van der Waals surface area contributed by atoms with Crippen molar-refractivity contribution in [3.63, 3.8) is 0 Å². The van der Waals surface area contributed by atoms with E-state index in [2.05, 4.69) is 5.32 Å². The van der Waals surface area contributed by atoms with Crippen LogP contribution in [0.3, 0.4) is 0 Å². The van der Waals surface area contributed by atoms with Crippen molar-refractivity contribution in [2.24, 2.45) is 0 Å². The van der Waals surface area contributed by atoms with Crippen LogP contribution in [-0.2, 0) is 4.74 Å². The first-order valence-corrected chi connectivity index (χ1v) is 7.36. The van der Waals surface area contributed by atoms with E-state index in [1.165, 1.54) is 18.4 Å². The van der Waals surface area contributed by atoms with E-state index in [0.717, 1.165) is 38.6 Å². The Morgan fingerprint density at radius 2 is 2.05 bits per heavy atom. The second-order valence-electron chi connectivity index (χ2n) is 5.27. The van der Waals surface area contributed by atoms with Gasteiger partial charge in [-0.25, -0.2) is 4.39 Å². The van der Waals surface area contributed by atoms with Crippen molar-refractivity contribution in [3.05, 3.63) is 35.6 Å². The van der Waals surface area contributed by atoms with Gasteiger partial charge in [-0.05, 0) is 56.2 Å². The van der Waals surface area contributed by atoms with Crippen LogP contribution in [-0.4, -0.2) is 25.8 Å². The second kappa shape index (κ2) is 7.61. The van der Waals surface area contributed by atoms with E-state index in [9.17, 15) is 4.39 Å². The summed E-state index contributed by atoms with van der Waals surface area (Å²) in [5, 5.41) is 3.58. The Bertz CT molecular complexity index is 362. The van der Waals surface area contributed by atoms with Crippen molar-refractivity contribution < 1.29 is 9.13 Å². The monoisotopic (exact) mass is 265 g/mol. The molecule has 0 radical (unpaired) electrons. The normalized spacial score (nSPS) is 16.5. The molecule has 0 bridgehead atoms. The molecule has 2 nitrogen and oxygen atoms in total. The van der Waals surface area contributed by atoms with Crippen LogP contribution >= 0.6 is 0 Å². The molecule has 1 aliphatic rings. The Morgan fingerprint density at radius 1 is 1.32 bits per heavy atom. The van der Waals surface area contributed by atoms with Crippen LogP contribution in [0, 0.1) is 5.82 Å². The number of ether oxygens (including phenoxy) is 1. The molecule has 1 aromatic rings. The molecule has 1 fully saturated rings. The van der Waals surface area contributed by atoms with Crippen molar-refractivity contribution in [3.8, 4) is 0 Å². The maximum absolute atomic E-state index is 13.0. The molecule has 1 aromatic carbocycles. The third kappa shape index (κ3) is 5.29. The Labute approximate surface area is 115 Å². The average Bonchev–Trinajstić information content (AvgIpc) is 3.23. The number of halogens is 1. The third-order valence-electron chi connectivity index (χ3n) is 3.62. The number of hydrogen-bond donors (Lipinski definition) is 1. The minimum absolute atomic E-state index is 0.160. The smallest absolute Gasteiger partial charge is 0.123 e. The fraction of sp³-hybridized carbons (Fsp3) is 0.625. The summed E-state index contributed by atoms with van der Waals surface area (Å²) >= 11 is 0. The molecule has 1 N–H and O–H groups in total. The van der Waals surface area contributed by atoms with E-state index < -0.39 is 0 Å². The number of hydrogen-bond acceptors (Lipinski definition) is 2. The van der Waals surface area contributed by atoms with Crippen molar-refractivity contribution in [1.29, 1.82) is 0 Å². The first-order chi connectivity index (χ1) is 9.29. The SMILES string of the molecule is CCOCCCC(CNC1CC1)c1ccc(F)cc1.